The zero-order valence-corrected chi connectivity index (χ0v) is 15.1. The number of hydrogen-bond acceptors (Lipinski definition) is 3. The van der Waals surface area contributed by atoms with Crippen LogP contribution in [0.3, 0.4) is 0 Å². The van der Waals surface area contributed by atoms with Crippen molar-refractivity contribution in [3.63, 3.8) is 0 Å². The van der Waals surface area contributed by atoms with Crippen molar-refractivity contribution < 1.29 is 9.59 Å². The molecule has 1 aliphatic heterocycles. The first-order valence-corrected chi connectivity index (χ1v) is 8.95. The van der Waals surface area contributed by atoms with Gasteiger partial charge in [0.15, 0.2) is 5.78 Å². The lowest BCUT2D eigenvalue weighted by Crippen LogP contribution is -2.30. The van der Waals surface area contributed by atoms with E-state index in [-0.39, 0.29) is 11.7 Å². The van der Waals surface area contributed by atoms with Gasteiger partial charge >= 0.3 is 0 Å². The lowest BCUT2D eigenvalue weighted by atomic mass is 9.99. The molecule has 0 unspecified atom stereocenters. The van der Waals surface area contributed by atoms with Gasteiger partial charge in [-0.05, 0) is 48.2 Å². The molecule has 0 spiro atoms. The minimum absolute atomic E-state index is 0.0241. The van der Waals surface area contributed by atoms with Crippen LogP contribution in [-0.4, -0.2) is 29.7 Å². The van der Waals surface area contributed by atoms with Gasteiger partial charge in [-0.1, -0.05) is 42.5 Å². The Morgan fingerprint density at radius 1 is 1.08 bits per heavy atom. The van der Waals surface area contributed by atoms with E-state index in [1.807, 2.05) is 24.3 Å². The van der Waals surface area contributed by atoms with Crippen LogP contribution in [0.4, 0.5) is 0 Å². The molecular weight excluding hydrogens is 324 g/mol. The van der Waals surface area contributed by atoms with Gasteiger partial charge in [0.1, 0.15) is 0 Å². The molecular formula is C22H24N2O2. The number of rotatable bonds is 6. The van der Waals surface area contributed by atoms with Crippen LogP contribution >= 0.6 is 0 Å². The maximum atomic E-state index is 12.1. The first-order chi connectivity index (χ1) is 12.6. The zero-order chi connectivity index (χ0) is 18.4. The van der Waals surface area contributed by atoms with Crippen LogP contribution in [-0.2, 0) is 24.3 Å². The smallest absolute Gasteiger partial charge is 0.251 e. The van der Waals surface area contributed by atoms with Gasteiger partial charge in [-0.2, -0.15) is 0 Å². The Labute approximate surface area is 154 Å². The quantitative estimate of drug-likeness (QED) is 0.816. The van der Waals surface area contributed by atoms with Crippen molar-refractivity contribution in [1.82, 2.24) is 10.2 Å². The molecule has 0 atom stereocenters. The Morgan fingerprint density at radius 3 is 2.54 bits per heavy atom. The Morgan fingerprint density at radius 2 is 1.81 bits per heavy atom. The number of amides is 1. The van der Waals surface area contributed by atoms with Crippen LogP contribution < -0.4 is 5.32 Å². The number of nitrogens with zero attached hydrogens (tertiary/aromatic N) is 1. The summed E-state index contributed by atoms with van der Waals surface area (Å²) in [4.78, 5) is 25.3. The number of nitrogens with one attached hydrogen (secondary N) is 1. The van der Waals surface area contributed by atoms with Gasteiger partial charge in [-0.25, -0.2) is 0 Å². The fourth-order valence-corrected chi connectivity index (χ4v) is 3.19. The molecule has 4 nitrogen and oxygen atoms in total. The SMILES string of the molecule is CC(=O)/C=C/CNC(=O)c1ccc(CN2CCc3ccccc3C2)cc1. The third-order valence-corrected chi connectivity index (χ3v) is 4.57. The molecule has 0 aromatic heterocycles. The van der Waals surface area contributed by atoms with Crippen molar-refractivity contribution in [2.45, 2.75) is 26.4 Å². The third kappa shape index (κ3) is 4.90. The normalized spacial score (nSPS) is 14.2. The van der Waals surface area contributed by atoms with Crippen molar-refractivity contribution in [2.24, 2.45) is 0 Å². The Bertz CT molecular complexity index is 809. The van der Waals surface area contributed by atoms with E-state index in [0.29, 0.717) is 12.1 Å². The van der Waals surface area contributed by atoms with E-state index < -0.39 is 0 Å². The average Bonchev–Trinajstić information content (AvgIpc) is 2.65. The molecule has 1 heterocycles. The summed E-state index contributed by atoms with van der Waals surface area (Å²) in [6.45, 7) is 4.76. The molecule has 1 N–H and O–H groups in total. The minimum atomic E-state index is -0.128. The molecule has 3 rings (SSSR count). The lowest BCUT2D eigenvalue weighted by Gasteiger charge is -2.28. The highest BCUT2D eigenvalue weighted by Gasteiger charge is 2.15. The van der Waals surface area contributed by atoms with Crippen LogP contribution in [0.2, 0.25) is 0 Å². The molecule has 0 aliphatic carbocycles. The predicted molar refractivity (Wildman–Crippen MR) is 103 cm³/mol. The highest BCUT2D eigenvalue weighted by molar-refractivity contribution is 5.94. The largest absolute Gasteiger partial charge is 0.349 e. The average molecular weight is 348 g/mol. The van der Waals surface area contributed by atoms with Gasteiger partial charge in [-0.3, -0.25) is 14.5 Å². The molecule has 1 amide bonds. The zero-order valence-electron chi connectivity index (χ0n) is 15.1. The number of ketones is 1. The monoisotopic (exact) mass is 348 g/mol. The molecule has 0 fully saturated rings. The van der Waals surface area contributed by atoms with Gasteiger partial charge in [0.05, 0.1) is 0 Å². The number of carbonyl (C=O) groups excluding carboxylic acids is 2. The third-order valence-electron chi connectivity index (χ3n) is 4.57. The van der Waals surface area contributed by atoms with E-state index in [4.69, 9.17) is 0 Å². The molecule has 0 radical (unpaired) electrons. The molecule has 26 heavy (non-hydrogen) atoms. The molecule has 0 bridgehead atoms. The van der Waals surface area contributed by atoms with E-state index in [2.05, 4.69) is 34.5 Å². The van der Waals surface area contributed by atoms with Crippen LogP contribution in [0.15, 0.2) is 60.7 Å². The second-order valence-corrected chi connectivity index (χ2v) is 6.65. The number of hydrogen-bond donors (Lipinski definition) is 1. The molecule has 2 aromatic carbocycles. The van der Waals surface area contributed by atoms with Gasteiger partial charge in [-0.15, -0.1) is 0 Å². The first kappa shape index (κ1) is 18.1. The fourth-order valence-electron chi connectivity index (χ4n) is 3.19. The van der Waals surface area contributed by atoms with E-state index in [1.54, 1.807) is 6.08 Å². The summed E-state index contributed by atoms with van der Waals surface area (Å²) in [5, 5.41) is 2.78. The van der Waals surface area contributed by atoms with E-state index in [0.717, 1.165) is 26.1 Å². The van der Waals surface area contributed by atoms with Gasteiger partial charge < -0.3 is 5.32 Å². The van der Waals surface area contributed by atoms with Crippen LogP contribution in [0.25, 0.3) is 0 Å². The van der Waals surface area contributed by atoms with E-state index in [9.17, 15) is 9.59 Å². The van der Waals surface area contributed by atoms with Gasteiger partial charge in [0.25, 0.3) is 5.91 Å². The topological polar surface area (TPSA) is 49.4 Å². The summed E-state index contributed by atoms with van der Waals surface area (Å²) in [6.07, 6.45) is 4.20. The summed E-state index contributed by atoms with van der Waals surface area (Å²) in [7, 11) is 0. The Kier molecular flexibility index (Phi) is 5.97. The highest BCUT2D eigenvalue weighted by atomic mass is 16.1. The molecule has 1 aliphatic rings. The maximum Gasteiger partial charge on any atom is 0.251 e. The van der Waals surface area contributed by atoms with Crippen molar-refractivity contribution in [3.8, 4) is 0 Å². The van der Waals surface area contributed by atoms with Crippen molar-refractivity contribution in [1.29, 1.82) is 0 Å². The van der Waals surface area contributed by atoms with Crippen LogP contribution in [0, 0.1) is 0 Å². The maximum absolute atomic E-state index is 12.1. The summed E-state index contributed by atoms with van der Waals surface area (Å²) >= 11 is 0. The summed E-state index contributed by atoms with van der Waals surface area (Å²) in [6, 6.07) is 16.4. The minimum Gasteiger partial charge on any atom is -0.349 e. The molecule has 0 saturated carbocycles. The highest BCUT2D eigenvalue weighted by Crippen LogP contribution is 2.20. The fraction of sp³-hybridized carbons (Fsp3) is 0.273. The Hall–Kier alpha value is -2.72. The Balaban J connectivity index is 1.53. The van der Waals surface area contributed by atoms with Crippen molar-refractivity contribution in [3.05, 3.63) is 82.9 Å². The molecule has 0 saturated heterocycles. The van der Waals surface area contributed by atoms with Gasteiger partial charge in [0, 0.05) is 31.7 Å². The van der Waals surface area contributed by atoms with Crippen molar-refractivity contribution in [2.75, 3.05) is 13.1 Å². The standard InChI is InChI=1S/C22H24N2O2/c1-17(25)5-4-13-23-22(26)20-10-8-18(9-11-20)15-24-14-12-19-6-2-3-7-21(19)16-24/h2-11H,12-16H2,1H3,(H,23,26)/b5-4+. The van der Waals surface area contributed by atoms with Crippen LogP contribution in [0.1, 0.15) is 34.0 Å². The van der Waals surface area contributed by atoms with E-state index >= 15 is 0 Å². The summed E-state index contributed by atoms with van der Waals surface area (Å²) < 4.78 is 0. The number of fused-ring (bicyclic) bond motifs is 1. The van der Waals surface area contributed by atoms with Crippen LogP contribution in [0.5, 0.6) is 0 Å². The second kappa shape index (κ2) is 8.59. The number of carbonyl (C=O) groups is 2. The molecule has 4 heteroatoms. The number of allylic oxidation sites excluding steroid dienone is 1. The van der Waals surface area contributed by atoms with Gasteiger partial charge in [0.2, 0.25) is 0 Å². The molecule has 2 aromatic rings. The predicted octanol–water partition coefficient (Wildman–Crippen LogP) is 3.12. The van der Waals surface area contributed by atoms with E-state index in [1.165, 1.54) is 29.7 Å². The lowest BCUT2D eigenvalue weighted by molar-refractivity contribution is -0.112. The van der Waals surface area contributed by atoms with Crippen molar-refractivity contribution >= 4 is 11.7 Å². The summed E-state index contributed by atoms with van der Waals surface area (Å²) in [5.74, 6) is -0.152. The molecule has 134 valence electrons. The number of benzene rings is 2. The first-order valence-electron chi connectivity index (χ1n) is 8.95. The summed E-state index contributed by atoms with van der Waals surface area (Å²) in [5.41, 5.74) is 4.70. The second-order valence-electron chi connectivity index (χ2n) is 6.65.